The van der Waals surface area contributed by atoms with Crippen molar-refractivity contribution in [1.82, 2.24) is 0 Å². The summed E-state index contributed by atoms with van der Waals surface area (Å²) in [5.74, 6) is 0. The smallest absolute Gasteiger partial charge is 0.0610 e. The van der Waals surface area contributed by atoms with Gasteiger partial charge in [0.15, 0.2) is 0 Å². The van der Waals surface area contributed by atoms with E-state index in [4.69, 9.17) is 0 Å². The van der Waals surface area contributed by atoms with Gasteiger partial charge in [0, 0.05) is 4.47 Å². The second-order valence-electron chi connectivity index (χ2n) is 1.96. The Morgan fingerprint density at radius 2 is 1.82 bits per heavy atom. The second kappa shape index (κ2) is 4.43. The van der Waals surface area contributed by atoms with Crippen LogP contribution < -0.4 is 0 Å². The van der Waals surface area contributed by atoms with E-state index in [1.54, 1.807) is 0 Å². The van der Waals surface area contributed by atoms with Gasteiger partial charge < -0.3 is 0 Å². The fourth-order valence-electron chi connectivity index (χ4n) is 0.710. The highest BCUT2D eigenvalue weighted by Gasteiger charge is 1.93. The predicted octanol–water partition coefficient (Wildman–Crippen LogP) is 4.54. The van der Waals surface area contributed by atoms with Crippen molar-refractivity contribution in [3.63, 3.8) is 0 Å². The number of benzene rings is 1. The average Bonchev–Trinajstić information content (AvgIpc) is 1.93. The van der Waals surface area contributed by atoms with Crippen LogP contribution in [0.4, 0.5) is 0 Å². The van der Waals surface area contributed by atoms with E-state index in [2.05, 4.69) is 47.8 Å². The van der Waals surface area contributed by atoms with E-state index in [0.29, 0.717) is 0 Å². The van der Waals surface area contributed by atoms with Crippen LogP contribution in [0.25, 0.3) is 6.08 Å². The first-order valence-electron chi connectivity index (χ1n) is 2.97. The van der Waals surface area contributed by atoms with Crippen LogP contribution in [-0.2, 0) is 0 Å². The molecule has 0 aromatic heterocycles. The van der Waals surface area contributed by atoms with Crippen molar-refractivity contribution in [1.29, 1.82) is 0 Å². The summed E-state index contributed by atoms with van der Waals surface area (Å²) in [4.78, 5) is 0. The predicted molar refractivity (Wildman–Crippen MR) is 60.0 cm³/mol. The summed E-state index contributed by atoms with van der Waals surface area (Å²) in [5, 5.41) is 0. The molecule has 0 N–H and O–H groups in total. The molecule has 0 saturated heterocycles. The molecule has 1 aromatic rings. The highest BCUT2D eigenvalue weighted by molar-refractivity contribution is 9.28. The van der Waals surface area contributed by atoms with Crippen LogP contribution >= 0.6 is 47.8 Å². The topological polar surface area (TPSA) is 0 Å². The Labute approximate surface area is 91.1 Å². The van der Waals surface area contributed by atoms with Gasteiger partial charge in [-0.15, -0.1) is 0 Å². The third-order valence-electron chi connectivity index (χ3n) is 1.17. The molecule has 0 aliphatic carbocycles. The summed E-state index contributed by atoms with van der Waals surface area (Å²) >= 11 is 10.0. The highest BCUT2D eigenvalue weighted by atomic mass is 79.9. The van der Waals surface area contributed by atoms with Gasteiger partial charge in [0.1, 0.15) is 0 Å². The molecule has 1 rings (SSSR count). The molecule has 0 nitrogen and oxygen atoms in total. The first-order valence-corrected chi connectivity index (χ1v) is 5.35. The van der Waals surface area contributed by atoms with Gasteiger partial charge in [-0.3, -0.25) is 0 Å². The van der Waals surface area contributed by atoms with Crippen molar-refractivity contribution in [2.75, 3.05) is 0 Å². The SMILES string of the molecule is BrC(Br)=Cc1ccccc1Br. The summed E-state index contributed by atoms with van der Waals surface area (Å²) in [6.07, 6.45) is 1.99. The Kier molecular flexibility index (Phi) is 3.82. The van der Waals surface area contributed by atoms with E-state index in [9.17, 15) is 0 Å². The van der Waals surface area contributed by atoms with Crippen LogP contribution in [0.2, 0.25) is 0 Å². The van der Waals surface area contributed by atoms with Crippen molar-refractivity contribution in [3.05, 3.63) is 37.7 Å². The van der Waals surface area contributed by atoms with Crippen molar-refractivity contribution in [2.45, 2.75) is 0 Å². The lowest BCUT2D eigenvalue weighted by Gasteiger charge is -1.95. The van der Waals surface area contributed by atoms with E-state index in [-0.39, 0.29) is 0 Å². The molecule has 0 unspecified atom stereocenters. The van der Waals surface area contributed by atoms with Crippen LogP contribution in [-0.4, -0.2) is 0 Å². The molecule has 11 heavy (non-hydrogen) atoms. The summed E-state index contributed by atoms with van der Waals surface area (Å²) in [6.45, 7) is 0. The van der Waals surface area contributed by atoms with Crippen molar-refractivity contribution >= 4 is 53.9 Å². The third-order valence-corrected chi connectivity index (χ3v) is 2.35. The lowest BCUT2D eigenvalue weighted by atomic mass is 10.2. The summed E-state index contributed by atoms with van der Waals surface area (Å²) in [7, 11) is 0. The molecular weight excluding hydrogens is 336 g/mol. The molecule has 0 heterocycles. The minimum absolute atomic E-state index is 0.942. The first kappa shape index (κ1) is 9.49. The Bertz CT molecular complexity index is 274. The molecule has 3 heteroatoms. The van der Waals surface area contributed by atoms with Crippen LogP contribution in [0.3, 0.4) is 0 Å². The fraction of sp³-hybridized carbons (Fsp3) is 0. The zero-order chi connectivity index (χ0) is 8.27. The molecule has 0 saturated carbocycles. The molecule has 0 aliphatic rings. The van der Waals surface area contributed by atoms with Gasteiger partial charge in [0.2, 0.25) is 0 Å². The van der Waals surface area contributed by atoms with Gasteiger partial charge in [0.25, 0.3) is 0 Å². The van der Waals surface area contributed by atoms with Crippen LogP contribution in [0.1, 0.15) is 5.56 Å². The third kappa shape index (κ3) is 3.09. The summed E-state index contributed by atoms with van der Waals surface area (Å²) < 4.78 is 2.04. The lowest BCUT2D eigenvalue weighted by molar-refractivity contribution is 1.60. The highest BCUT2D eigenvalue weighted by Crippen LogP contribution is 2.23. The monoisotopic (exact) mass is 338 g/mol. The van der Waals surface area contributed by atoms with E-state index in [1.165, 1.54) is 0 Å². The molecule has 0 fully saturated rings. The lowest BCUT2D eigenvalue weighted by Crippen LogP contribution is -1.72. The van der Waals surface area contributed by atoms with Crippen LogP contribution in [0.5, 0.6) is 0 Å². The largest absolute Gasteiger partial charge is 0.0616 e. The Hall–Kier alpha value is 0.400. The summed E-state index contributed by atoms with van der Waals surface area (Å²) in [5.41, 5.74) is 1.15. The van der Waals surface area contributed by atoms with Gasteiger partial charge in [-0.1, -0.05) is 34.1 Å². The normalized spacial score (nSPS) is 9.36. The average molecular weight is 341 g/mol. The van der Waals surface area contributed by atoms with Gasteiger partial charge in [-0.25, -0.2) is 0 Å². The summed E-state index contributed by atoms with van der Waals surface area (Å²) in [6, 6.07) is 8.03. The molecule has 0 atom stereocenters. The minimum Gasteiger partial charge on any atom is -0.0616 e. The van der Waals surface area contributed by atoms with E-state index in [0.717, 1.165) is 13.4 Å². The van der Waals surface area contributed by atoms with Crippen LogP contribution in [0.15, 0.2) is 32.1 Å². The first-order chi connectivity index (χ1) is 5.20. The zero-order valence-corrected chi connectivity index (χ0v) is 10.3. The standard InChI is InChI=1S/C8H5Br3/c9-7-4-2-1-3-6(7)5-8(10)11/h1-5H. The van der Waals surface area contributed by atoms with E-state index >= 15 is 0 Å². The molecule has 58 valence electrons. The molecule has 0 radical (unpaired) electrons. The molecule has 0 bridgehead atoms. The van der Waals surface area contributed by atoms with Crippen molar-refractivity contribution in [2.24, 2.45) is 0 Å². The van der Waals surface area contributed by atoms with E-state index in [1.807, 2.05) is 30.3 Å². The van der Waals surface area contributed by atoms with Crippen LogP contribution in [0, 0.1) is 0 Å². The maximum absolute atomic E-state index is 3.44. The second-order valence-corrected chi connectivity index (χ2v) is 5.58. The Balaban J connectivity index is 3.04. The van der Waals surface area contributed by atoms with Crippen molar-refractivity contribution in [3.8, 4) is 0 Å². The number of hydrogen-bond acceptors (Lipinski definition) is 0. The molecular formula is C8H5Br3. The molecule has 1 aromatic carbocycles. The zero-order valence-electron chi connectivity index (χ0n) is 5.52. The van der Waals surface area contributed by atoms with Crippen molar-refractivity contribution < 1.29 is 0 Å². The Morgan fingerprint density at radius 1 is 1.18 bits per heavy atom. The molecule has 0 amide bonds. The van der Waals surface area contributed by atoms with Gasteiger partial charge in [0.05, 0.1) is 3.39 Å². The van der Waals surface area contributed by atoms with E-state index < -0.39 is 0 Å². The maximum atomic E-state index is 3.44. The molecule has 0 spiro atoms. The van der Waals surface area contributed by atoms with Gasteiger partial charge in [-0.2, -0.15) is 0 Å². The van der Waals surface area contributed by atoms with Gasteiger partial charge >= 0.3 is 0 Å². The Morgan fingerprint density at radius 3 is 2.36 bits per heavy atom. The minimum atomic E-state index is 0.942. The maximum Gasteiger partial charge on any atom is 0.0610 e. The van der Waals surface area contributed by atoms with Gasteiger partial charge in [-0.05, 0) is 49.6 Å². The molecule has 0 aliphatic heterocycles. The fourth-order valence-corrected chi connectivity index (χ4v) is 1.60. The number of rotatable bonds is 1. The number of hydrogen-bond donors (Lipinski definition) is 0. The number of halogens is 3. The quantitative estimate of drug-likeness (QED) is 0.704.